The molecule has 0 bridgehead atoms. The van der Waals surface area contributed by atoms with E-state index in [2.05, 4.69) is 4.98 Å². The number of halogens is 2. The summed E-state index contributed by atoms with van der Waals surface area (Å²) >= 11 is 0. The fourth-order valence-electron chi connectivity index (χ4n) is 2.78. The molecule has 1 N–H and O–H groups in total. The van der Waals surface area contributed by atoms with Crippen LogP contribution < -0.4 is 4.90 Å². The molecule has 1 amide bonds. The molecule has 0 unspecified atom stereocenters. The molecule has 0 spiro atoms. The summed E-state index contributed by atoms with van der Waals surface area (Å²) in [6.07, 6.45) is 0.260. The van der Waals surface area contributed by atoms with Gasteiger partial charge in [-0.15, -0.1) is 0 Å². The summed E-state index contributed by atoms with van der Waals surface area (Å²) < 4.78 is 28.9. The van der Waals surface area contributed by atoms with Crippen LogP contribution in [0.3, 0.4) is 0 Å². The fourth-order valence-corrected chi connectivity index (χ4v) is 2.78. The van der Waals surface area contributed by atoms with Crippen molar-refractivity contribution in [3.05, 3.63) is 58.9 Å². The summed E-state index contributed by atoms with van der Waals surface area (Å²) in [7, 11) is 0. The third-order valence-electron chi connectivity index (χ3n) is 3.92. The van der Waals surface area contributed by atoms with Crippen molar-refractivity contribution in [1.29, 1.82) is 5.26 Å². The molecule has 0 radical (unpaired) electrons. The van der Waals surface area contributed by atoms with Crippen molar-refractivity contribution in [3.8, 4) is 6.07 Å². The Bertz CT molecular complexity index is 842. The molecule has 1 atom stereocenters. The summed E-state index contributed by atoms with van der Waals surface area (Å²) in [5, 5.41) is 18.5. The molecule has 122 valence electrons. The monoisotopic (exact) mass is 329 g/mol. The lowest BCUT2D eigenvalue weighted by atomic mass is 9.98. The number of hydrogen-bond donors (Lipinski definition) is 1. The highest BCUT2D eigenvalue weighted by molar-refractivity contribution is 6.06. The normalized spacial score (nSPS) is 16.6. The molecule has 24 heavy (non-hydrogen) atoms. The van der Waals surface area contributed by atoms with Gasteiger partial charge in [0.15, 0.2) is 0 Å². The number of nitrogens with zero attached hydrogens (tertiary/aromatic N) is 3. The highest BCUT2D eigenvalue weighted by Gasteiger charge is 2.54. The first-order valence-electron chi connectivity index (χ1n) is 7.22. The Morgan fingerprint density at radius 1 is 1.38 bits per heavy atom. The second-order valence-electron chi connectivity index (χ2n) is 5.55. The maximum atomic E-state index is 14.5. The molecule has 1 aromatic heterocycles. The molecule has 0 saturated heterocycles. The number of fused-ring (bicyclic) bond motifs is 1. The number of benzene rings is 1. The number of hydrogen-bond acceptors (Lipinski definition) is 4. The van der Waals surface area contributed by atoms with Crippen molar-refractivity contribution in [2.45, 2.75) is 25.5 Å². The second kappa shape index (κ2) is 5.65. The first kappa shape index (κ1) is 16.0. The van der Waals surface area contributed by atoms with Crippen LogP contribution in [-0.2, 0) is 17.3 Å². The third kappa shape index (κ3) is 2.41. The van der Waals surface area contributed by atoms with Crippen LogP contribution in [-0.4, -0.2) is 16.0 Å². The van der Waals surface area contributed by atoms with Crippen molar-refractivity contribution in [1.82, 2.24) is 4.98 Å². The third-order valence-corrected chi connectivity index (χ3v) is 3.92. The number of alkyl halides is 2. The SMILES string of the molecule is C[C@H](O)c1cccc2c1C(F)(F)C(=O)N2Cc1ccc(C#N)nc1. The van der Waals surface area contributed by atoms with E-state index in [9.17, 15) is 18.7 Å². The Morgan fingerprint density at radius 3 is 2.71 bits per heavy atom. The summed E-state index contributed by atoms with van der Waals surface area (Å²) in [6.45, 7) is 1.28. The van der Waals surface area contributed by atoms with Crippen LogP contribution in [0, 0.1) is 11.3 Å². The van der Waals surface area contributed by atoms with Crippen molar-refractivity contribution < 1.29 is 18.7 Å². The number of carbonyl (C=O) groups is 1. The molecule has 1 aromatic carbocycles. The van der Waals surface area contributed by atoms with Crippen molar-refractivity contribution >= 4 is 11.6 Å². The molecule has 5 nitrogen and oxygen atoms in total. The van der Waals surface area contributed by atoms with Crippen LogP contribution in [0.25, 0.3) is 0 Å². The van der Waals surface area contributed by atoms with Gasteiger partial charge < -0.3 is 10.0 Å². The standard InChI is InChI=1S/C17H13F2N3O2/c1-10(23)13-3-2-4-14-15(13)17(18,19)16(24)22(14)9-11-5-6-12(7-20)21-8-11/h2-6,8,10,23H,9H2,1H3/t10-/m0/s1. The highest BCUT2D eigenvalue weighted by Crippen LogP contribution is 2.47. The van der Waals surface area contributed by atoms with Gasteiger partial charge in [-0.3, -0.25) is 4.79 Å². The van der Waals surface area contributed by atoms with Gasteiger partial charge >= 0.3 is 11.8 Å². The van der Waals surface area contributed by atoms with Crippen LogP contribution in [0.4, 0.5) is 14.5 Å². The lowest BCUT2D eigenvalue weighted by Gasteiger charge is -2.17. The van der Waals surface area contributed by atoms with Crippen molar-refractivity contribution in [2.75, 3.05) is 4.90 Å². The molecular weight excluding hydrogens is 316 g/mol. The van der Waals surface area contributed by atoms with E-state index in [0.717, 1.165) is 4.90 Å². The number of aromatic nitrogens is 1. The van der Waals surface area contributed by atoms with Crippen LogP contribution in [0.5, 0.6) is 0 Å². The van der Waals surface area contributed by atoms with E-state index in [4.69, 9.17) is 5.26 Å². The summed E-state index contributed by atoms with van der Waals surface area (Å²) in [5.41, 5.74) is 0.382. The quantitative estimate of drug-likeness (QED) is 0.939. The van der Waals surface area contributed by atoms with E-state index in [1.54, 1.807) is 6.07 Å². The smallest absolute Gasteiger partial charge is 0.352 e. The summed E-state index contributed by atoms with van der Waals surface area (Å²) in [5.74, 6) is -5.03. The number of amides is 1. The minimum atomic E-state index is -3.69. The highest BCUT2D eigenvalue weighted by atomic mass is 19.3. The number of pyridine rings is 1. The topological polar surface area (TPSA) is 77.2 Å². The molecule has 7 heteroatoms. The molecule has 0 fully saturated rings. The van der Waals surface area contributed by atoms with Crippen LogP contribution in [0.2, 0.25) is 0 Å². The number of nitriles is 1. The van der Waals surface area contributed by atoms with Gasteiger partial charge in [-0.25, -0.2) is 4.98 Å². The van der Waals surface area contributed by atoms with E-state index in [-0.39, 0.29) is 23.5 Å². The lowest BCUT2D eigenvalue weighted by molar-refractivity contribution is -0.141. The lowest BCUT2D eigenvalue weighted by Crippen LogP contribution is -2.34. The van der Waals surface area contributed by atoms with E-state index in [1.807, 2.05) is 6.07 Å². The Labute approximate surface area is 136 Å². The number of aliphatic hydroxyl groups excluding tert-OH is 1. The molecule has 2 aromatic rings. The van der Waals surface area contributed by atoms with Gasteiger partial charge in [-0.2, -0.15) is 14.0 Å². The maximum Gasteiger partial charge on any atom is 0.352 e. The largest absolute Gasteiger partial charge is 0.389 e. The zero-order valence-electron chi connectivity index (χ0n) is 12.7. The molecule has 3 rings (SSSR count). The van der Waals surface area contributed by atoms with Crippen LogP contribution in [0.15, 0.2) is 36.5 Å². The molecule has 1 aliphatic heterocycles. The van der Waals surface area contributed by atoms with Gasteiger partial charge in [0.1, 0.15) is 11.8 Å². The van der Waals surface area contributed by atoms with Gasteiger partial charge in [0.05, 0.1) is 23.9 Å². The van der Waals surface area contributed by atoms with Crippen molar-refractivity contribution in [2.24, 2.45) is 0 Å². The number of aliphatic hydroxyl groups is 1. The Balaban J connectivity index is 2.04. The van der Waals surface area contributed by atoms with E-state index >= 15 is 0 Å². The molecular formula is C17H13F2N3O2. The number of carbonyl (C=O) groups excluding carboxylic acids is 1. The minimum Gasteiger partial charge on any atom is -0.389 e. The average molecular weight is 329 g/mol. The van der Waals surface area contributed by atoms with Crippen molar-refractivity contribution in [3.63, 3.8) is 0 Å². The zero-order valence-corrected chi connectivity index (χ0v) is 12.7. The van der Waals surface area contributed by atoms with Gasteiger partial charge in [-0.1, -0.05) is 18.2 Å². The maximum absolute atomic E-state index is 14.5. The Kier molecular flexibility index (Phi) is 3.78. The van der Waals surface area contributed by atoms with E-state index in [1.165, 1.54) is 37.4 Å². The number of rotatable bonds is 3. The summed E-state index contributed by atoms with van der Waals surface area (Å²) in [6, 6.07) is 9.23. The van der Waals surface area contributed by atoms with E-state index in [0.29, 0.717) is 5.56 Å². The average Bonchev–Trinajstić information content (AvgIpc) is 2.76. The fraction of sp³-hybridized carbons (Fsp3) is 0.235. The second-order valence-corrected chi connectivity index (χ2v) is 5.55. The molecule has 1 aliphatic rings. The minimum absolute atomic E-state index is 0.0336. The zero-order chi connectivity index (χ0) is 17.5. The van der Waals surface area contributed by atoms with Gasteiger partial charge in [0.2, 0.25) is 0 Å². The molecule has 0 saturated carbocycles. The molecule has 0 aliphatic carbocycles. The van der Waals surface area contributed by atoms with E-state index < -0.39 is 23.5 Å². The molecule has 2 heterocycles. The van der Waals surface area contributed by atoms with Crippen LogP contribution in [0.1, 0.15) is 35.4 Å². The van der Waals surface area contributed by atoms with Gasteiger partial charge in [0, 0.05) is 6.20 Å². The summed E-state index contributed by atoms with van der Waals surface area (Å²) in [4.78, 5) is 17.1. The van der Waals surface area contributed by atoms with Crippen LogP contribution >= 0.6 is 0 Å². The predicted molar refractivity (Wildman–Crippen MR) is 81.1 cm³/mol. The first-order valence-corrected chi connectivity index (χ1v) is 7.22. The first-order chi connectivity index (χ1) is 11.4. The number of anilines is 1. The van der Waals surface area contributed by atoms with Gasteiger partial charge in [-0.05, 0) is 30.2 Å². The Hall–Kier alpha value is -2.85. The predicted octanol–water partition coefficient (Wildman–Crippen LogP) is 2.65. The Morgan fingerprint density at radius 2 is 2.12 bits per heavy atom. The van der Waals surface area contributed by atoms with Gasteiger partial charge in [0.25, 0.3) is 0 Å².